The quantitative estimate of drug-likeness (QED) is 0.448. The Morgan fingerprint density at radius 1 is 1.12 bits per heavy atom. The molecule has 5 rings (SSSR count). The maximum absolute atomic E-state index is 6.09. The number of methoxy groups -OCH3 is 1. The zero-order chi connectivity index (χ0) is 17.7. The number of pyridine rings is 1. The molecule has 1 aliphatic carbocycles. The maximum atomic E-state index is 6.09. The first-order valence-corrected chi connectivity index (χ1v) is 9.36. The van der Waals surface area contributed by atoms with Crippen molar-refractivity contribution in [3.63, 3.8) is 0 Å². The molecule has 0 amide bonds. The van der Waals surface area contributed by atoms with Gasteiger partial charge in [0.1, 0.15) is 0 Å². The van der Waals surface area contributed by atoms with Crippen molar-refractivity contribution in [2.24, 2.45) is 0 Å². The Labute approximate surface area is 157 Å². The minimum Gasteiger partial charge on any atom is -0.377 e. The van der Waals surface area contributed by atoms with Crippen molar-refractivity contribution in [1.29, 1.82) is 0 Å². The van der Waals surface area contributed by atoms with Gasteiger partial charge in [0.15, 0.2) is 0 Å². The predicted octanol–water partition coefficient (Wildman–Crippen LogP) is 5.83. The second kappa shape index (κ2) is 6.11. The molecule has 130 valence electrons. The molecule has 0 spiro atoms. The fraction of sp³-hybridized carbons (Fsp3) is 0.227. The summed E-state index contributed by atoms with van der Waals surface area (Å²) in [6.07, 6.45) is 3.28. The van der Waals surface area contributed by atoms with Crippen molar-refractivity contribution < 1.29 is 4.74 Å². The van der Waals surface area contributed by atoms with Crippen molar-refractivity contribution in [1.82, 2.24) is 9.61 Å². The first-order chi connectivity index (χ1) is 12.8. The normalized spacial score (nSPS) is 16.9. The molecule has 2 aromatic heterocycles. The number of aromatic nitrogens is 2. The van der Waals surface area contributed by atoms with Gasteiger partial charge in [-0.1, -0.05) is 48.0 Å². The second-order valence-electron chi connectivity index (χ2n) is 6.86. The van der Waals surface area contributed by atoms with E-state index in [1.807, 2.05) is 12.1 Å². The van der Waals surface area contributed by atoms with E-state index in [1.165, 1.54) is 21.9 Å². The van der Waals surface area contributed by atoms with Gasteiger partial charge in [-0.3, -0.25) is 0 Å². The SMILES string of the molecule is COC1CCCc2nn3c(-c4ccc(Cl)cc4)cc4ccccc4c3c21. The largest absolute Gasteiger partial charge is 0.377 e. The molecule has 4 aromatic rings. The summed E-state index contributed by atoms with van der Waals surface area (Å²) in [5, 5.41) is 8.19. The molecule has 0 N–H and O–H groups in total. The van der Waals surface area contributed by atoms with E-state index < -0.39 is 0 Å². The fourth-order valence-corrected chi connectivity index (χ4v) is 4.27. The van der Waals surface area contributed by atoms with Crippen LogP contribution in [0.4, 0.5) is 0 Å². The molecule has 2 heterocycles. The Kier molecular flexibility index (Phi) is 3.73. The van der Waals surface area contributed by atoms with E-state index in [0.29, 0.717) is 0 Å². The van der Waals surface area contributed by atoms with Crippen LogP contribution < -0.4 is 0 Å². The van der Waals surface area contributed by atoms with Gasteiger partial charge in [0.25, 0.3) is 0 Å². The minimum absolute atomic E-state index is 0.111. The summed E-state index contributed by atoms with van der Waals surface area (Å²) in [5.74, 6) is 0. The van der Waals surface area contributed by atoms with Crippen LogP contribution in [0.1, 0.15) is 30.2 Å². The first kappa shape index (κ1) is 15.9. The van der Waals surface area contributed by atoms with Gasteiger partial charge >= 0.3 is 0 Å². The number of hydrogen-bond donors (Lipinski definition) is 0. The summed E-state index contributed by atoms with van der Waals surface area (Å²) in [7, 11) is 1.80. The Bertz CT molecular complexity index is 1110. The fourth-order valence-electron chi connectivity index (χ4n) is 4.14. The lowest BCUT2D eigenvalue weighted by atomic mass is 9.92. The van der Waals surface area contributed by atoms with Gasteiger partial charge in [0, 0.05) is 28.6 Å². The molecule has 3 nitrogen and oxygen atoms in total. The third kappa shape index (κ3) is 2.35. The maximum Gasteiger partial charge on any atom is 0.0861 e. The summed E-state index contributed by atoms with van der Waals surface area (Å²) in [4.78, 5) is 0. The van der Waals surface area contributed by atoms with E-state index in [1.54, 1.807) is 7.11 Å². The van der Waals surface area contributed by atoms with Crippen LogP contribution in [0.25, 0.3) is 27.5 Å². The molecular formula is C22H19ClN2O. The van der Waals surface area contributed by atoms with Crippen LogP contribution in [-0.2, 0) is 11.2 Å². The molecule has 0 fully saturated rings. The van der Waals surface area contributed by atoms with Gasteiger partial charge in [-0.2, -0.15) is 5.10 Å². The molecular weight excluding hydrogens is 344 g/mol. The third-order valence-corrected chi connectivity index (χ3v) is 5.61. The molecule has 0 radical (unpaired) electrons. The number of aryl methyl sites for hydroxylation is 1. The standard InChI is InChI=1S/C22H19ClN2O/c1-26-20-8-4-7-18-21(20)22-17-6-3-2-5-15(17)13-19(25(22)24-18)14-9-11-16(23)12-10-14/h2-3,5-6,9-13,20H,4,7-8H2,1H3. The van der Waals surface area contributed by atoms with Crippen molar-refractivity contribution in [3.05, 3.63) is 70.9 Å². The summed E-state index contributed by atoms with van der Waals surface area (Å²) < 4.78 is 7.93. The number of fused-ring (bicyclic) bond motifs is 5. The van der Waals surface area contributed by atoms with Gasteiger partial charge in [0.05, 0.1) is 23.0 Å². The second-order valence-corrected chi connectivity index (χ2v) is 7.30. The highest BCUT2D eigenvalue weighted by molar-refractivity contribution is 6.30. The van der Waals surface area contributed by atoms with Crippen LogP contribution in [0.15, 0.2) is 54.6 Å². The van der Waals surface area contributed by atoms with Crippen LogP contribution in [0.5, 0.6) is 0 Å². The van der Waals surface area contributed by atoms with E-state index in [-0.39, 0.29) is 6.10 Å². The Balaban J connectivity index is 1.91. The van der Waals surface area contributed by atoms with Gasteiger partial charge < -0.3 is 4.74 Å². The summed E-state index contributed by atoms with van der Waals surface area (Å²) in [5.41, 5.74) is 5.79. The smallest absolute Gasteiger partial charge is 0.0861 e. The Morgan fingerprint density at radius 3 is 2.73 bits per heavy atom. The van der Waals surface area contributed by atoms with E-state index in [4.69, 9.17) is 21.4 Å². The minimum atomic E-state index is 0.111. The number of benzene rings is 2. The zero-order valence-electron chi connectivity index (χ0n) is 14.6. The number of rotatable bonds is 2. The number of hydrogen-bond acceptors (Lipinski definition) is 2. The molecule has 1 unspecified atom stereocenters. The van der Waals surface area contributed by atoms with E-state index in [9.17, 15) is 0 Å². The highest BCUT2D eigenvalue weighted by atomic mass is 35.5. The van der Waals surface area contributed by atoms with Crippen LogP contribution >= 0.6 is 11.6 Å². The lowest BCUT2D eigenvalue weighted by molar-refractivity contribution is 0.0892. The number of nitrogens with zero attached hydrogens (tertiary/aromatic N) is 2. The molecule has 0 saturated carbocycles. The predicted molar refractivity (Wildman–Crippen MR) is 106 cm³/mol. The zero-order valence-corrected chi connectivity index (χ0v) is 15.3. The molecule has 1 aliphatic rings. The summed E-state index contributed by atoms with van der Waals surface area (Å²) in [6, 6.07) is 18.7. The third-order valence-electron chi connectivity index (χ3n) is 5.36. The summed E-state index contributed by atoms with van der Waals surface area (Å²) in [6.45, 7) is 0. The average Bonchev–Trinajstić information content (AvgIpc) is 3.08. The molecule has 0 aliphatic heterocycles. The molecule has 0 bridgehead atoms. The summed E-state index contributed by atoms with van der Waals surface area (Å²) >= 11 is 6.09. The van der Waals surface area contributed by atoms with Crippen molar-refractivity contribution in [3.8, 4) is 11.3 Å². The van der Waals surface area contributed by atoms with Gasteiger partial charge in [-0.15, -0.1) is 0 Å². The molecule has 1 atom stereocenters. The number of halogens is 1. The Hall–Kier alpha value is -2.36. The average molecular weight is 363 g/mol. The van der Waals surface area contributed by atoms with Crippen LogP contribution in [0.2, 0.25) is 5.02 Å². The van der Waals surface area contributed by atoms with E-state index in [2.05, 4.69) is 47.0 Å². The lowest BCUT2D eigenvalue weighted by Crippen LogP contribution is -2.10. The van der Waals surface area contributed by atoms with Gasteiger partial charge in [-0.25, -0.2) is 4.52 Å². The topological polar surface area (TPSA) is 26.5 Å². The van der Waals surface area contributed by atoms with E-state index in [0.717, 1.165) is 41.2 Å². The monoisotopic (exact) mass is 362 g/mol. The molecule has 26 heavy (non-hydrogen) atoms. The van der Waals surface area contributed by atoms with Crippen molar-refractivity contribution >= 4 is 27.9 Å². The van der Waals surface area contributed by atoms with Gasteiger partial charge in [-0.05, 0) is 42.8 Å². The van der Waals surface area contributed by atoms with Crippen molar-refractivity contribution in [2.45, 2.75) is 25.4 Å². The number of ether oxygens (including phenoxy) is 1. The Morgan fingerprint density at radius 2 is 1.92 bits per heavy atom. The first-order valence-electron chi connectivity index (χ1n) is 8.98. The molecule has 0 saturated heterocycles. The van der Waals surface area contributed by atoms with E-state index >= 15 is 0 Å². The molecule has 2 aromatic carbocycles. The highest BCUT2D eigenvalue weighted by Crippen LogP contribution is 2.39. The van der Waals surface area contributed by atoms with Crippen LogP contribution in [0.3, 0.4) is 0 Å². The van der Waals surface area contributed by atoms with Crippen LogP contribution in [-0.4, -0.2) is 16.7 Å². The van der Waals surface area contributed by atoms with Gasteiger partial charge in [0.2, 0.25) is 0 Å². The lowest BCUT2D eigenvalue weighted by Gasteiger charge is -2.20. The van der Waals surface area contributed by atoms with Crippen LogP contribution in [0, 0.1) is 0 Å². The van der Waals surface area contributed by atoms with Crippen molar-refractivity contribution in [2.75, 3.05) is 7.11 Å². The highest BCUT2D eigenvalue weighted by Gasteiger charge is 2.27. The molecule has 4 heteroatoms.